The number of amides is 1. The van der Waals surface area contributed by atoms with Crippen molar-refractivity contribution in [2.24, 2.45) is 0 Å². The number of nitrogens with one attached hydrogen (secondary N) is 1. The van der Waals surface area contributed by atoms with Crippen molar-refractivity contribution >= 4 is 56.3 Å². The van der Waals surface area contributed by atoms with Crippen molar-refractivity contribution in [3.8, 4) is 17.2 Å². The third kappa shape index (κ3) is 4.56. The highest BCUT2D eigenvalue weighted by Crippen LogP contribution is 2.32. The average molecular weight is 484 g/mol. The van der Waals surface area contributed by atoms with E-state index in [2.05, 4.69) is 26.2 Å². The van der Waals surface area contributed by atoms with E-state index in [-0.39, 0.29) is 5.91 Å². The molecule has 0 unspecified atom stereocenters. The number of anilines is 1. The molecule has 0 aliphatic heterocycles. The molecule has 1 amide bonds. The Morgan fingerprint density at radius 1 is 1.13 bits per heavy atom. The smallest absolute Gasteiger partial charge is 0.248 e. The van der Waals surface area contributed by atoms with Crippen molar-refractivity contribution in [2.75, 3.05) is 12.4 Å². The van der Waals surface area contributed by atoms with E-state index in [9.17, 15) is 4.79 Å². The number of carbonyl (C=O) groups excluding carboxylic acids is 1. The van der Waals surface area contributed by atoms with Gasteiger partial charge >= 0.3 is 0 Å². The molecule has 0 saturated carbocycles. The topological polar surface area (TPSA) is 64.4 Å². The quantitative estimate of drug-likeness (QED) is 0.326. The summed E-state index contributed by atoms with van der Waals surface area (Å²) in [4.78, 5) is 16.8. The van der Waals surface area contributed by atoms with E-state index in [1.54, 1.807) is 37.5 Å². The van der Waals surface area contributed by atoms with Crippen LogP contribution in [0.2, 0.25) is 5.02 Å². The molecule has 0 aliphatic carbocycles. The van der Waals surface area contributed by atoms with E-state index < -0.39 is 0 Å². The lowest BCUT2D eigenvalue weighted by Crippen LogP contribution is -2.07. The molecule has 0 radical (unpaired) electrons. The number of aromatic nitrogens is 1. The zero-order valence-corrected chi connectivity index (χ0v) is 18.2. The molecule has 0 bridgehead atoms. The summed E-state index contributed by atoms with van der Waals surface area (Å²) in [5.74, 6) is 0.934. The molecule has 0 aliphatic rings. The number of nitrogens with zero attached hydrogens (tertiary/aromatic N) is 1. The van der Waals surface area contributed by atoms with Crippen molar-refractivity contribution < 1.29 is 13.9 Å². The van der Waals surface area contributed by atoms with Gasteiger partial charge in [0.1, 0.15) is 11.3 Å². The number of carbonyl (C=O) groups is 1. The zero-order chi connectivity index (χ0) is 21.1. The third-order valence-electron chi connectivity index (χ3n) is 4.36. The van der Waals surface area contributed by atoms with Crippen LogP contribution in [-0.4, -0.2) is 18.0 Å². The first-order chi connectivity index (χ1) is 14.5. The number of oxazole rings is 1. The maximum absolute atomic E-state index is 12.3. The number of fused-ring (bicyclic) bond motifs is 1. The first-order valence-electron chi connectivity index (χ1n) is 9.01. The van der Waals surface area contributed by atoms with E-state index in [1.807, 2.05) is 36.4 Å². The lowest BCUT2D eigenvalue weighted by Gasteiger charge is -2.02. The van der Waals surface area contributed by atoms with Crippen LogP contribution in [0.3, 0.4) is 0 Å². The minimum absolute atomic E-state index is 0.246. The lowest BCUT2D eigenvalue weighted by atomic mass is 10.2. The molecule has 4 rings (SSSR count). The van der Waals surface area contributed by atoms with Crippen LogP contribution in [-0.2, 0) is 4.79 Å². The van der Waals surface area contributed by atoms with Gasteiger partial charge in [-0.2, -0.15) is 0 Å². The average Bonchev–Trinajstić information content (AvgIpc) is 3.17. The predicted molar refractivity (Wildman–Crippen MR) is 123 cm³/mol. The van der Waals surface area contributed by atoms with E-state index in [4.69, 9.17) is 20.8 Å². The van der Waals surface area contributed by atoms with Crippen LogP contribution < -0.4 is 10.1 Å². The van der Waals surface area contributed by atoms with Gasteiger partial charge in [-0.25, -0.2) is 4.98 Å². The van der Waals surface area contributed by atoms with Gasteiger partial charge in [-0.05, 0) is 60.2 Å². The molecular weight excluding hydrogens is 468 g/mol. The SMILES string of the molecule is COc1ccc(/C=C/C(=O)Nc2ccc3oc(-c4cc(Br)ccc4Cl)nc3c2)cc1. The Hall–Kier alpha value is -3.09. The molecule has 0 saturated heterocycles. The molecule has 1 aromatic heterocycles. The highest BCUT2D eigenvalue weighted by Gasteiger charge is 2.13. The molecule has 4 aromatic rings. The molecule has 150 valence electrons. The Balaban J connectivity index is 1.51. The molecule has 30 heavy (non-hydrogen) atoms. The van der Waals surface area contributed by atoms with Crippen LogP contribution in [0.5, 0.6) is 5.75 Å². The number of hydrogen-bond acceptors (Lipinski definition) is 4. The first-order valence-corrected chi connectivity index (χ1v) is 10.2. The summed E-state index contributed by atoms with van der Waals surface area (Å²) < 4.78 is 11.8. The van der Waals surface area contributed by atoms with E-state index in [1.165, 1.54) is 6.08 Å². The molecule has 0 fully saturated rings. The van der Waals surface area contributed by atoms with Crippen molar-refractivity contribution in [2.45, 2.75) is 0 Å². The summed E-state index contributed by atoms with van der Waals surface area (Å²) in [6, 6.07) is 18.2. The van der Waals surface area contributed by atoms with Gasteiger partial charge in [-0.1, -0.05) is 39.7 Å². The third-order valence-corrected chi connectivity index (χ3v) is 5.18. The van der Waals surface area contributed by atoms with Gasteiger partial charge in [-0.3, -0.25) is 4.79 Å². The Morgan fingerprint density at radius 2 is 1.93 bits per heavy atom. The number of rotatable bonds is 5. The fraction of sp³-hybridized carbons (Fsp3) is 0.0435. The summed E-state index contributed by atoms with van der Waals surface area (Å²) in [5, 5.41) is 3.37. The predicted octanol–water partition coefficient (Wildman–Crippen LogP) is 6.57. The lowest BCUT2D eigenvalue weighted by molar-refractivity contribution is -0.111. The van der Waals surface area contributed by atoms with Gasteiger partial charge in [0.05, 0.1) is 17.7 Å². The van der Waals surface area contributed by atoms with Crippen LogP contribution in [0.15, 0.2) is 75.6 Å². The molecule has 3 aromatic carbocycles. The Bertz CT molecular complexity index is 1250. The second-order valence-electron chi connectivity index (χ2n) is 6.42. The van der Waals surface area contributed by atoms with Crippen molar-refractivity contribution in [1.29, 1.82) is 0 Å². The molecule has 0 spiro atoms. The van der Waals surface area contributed by atoms with Crippen LogP contribution in [0.1, 0.15) is 5.56 Å². The number of ether oxygens (including phenoxy) is 1. The molecule has 1 heterocycles. The maximum Gasteiger partial charge on any atom is 0.248 e. The highest BCUT2D eigenvalue weighted by atomic mass is 79.9. The van der Waals surface area contributed by atoms with Crippen molar-refractivity contribution in [1.82, 2.24) is 4.98 Å². The van der Waals surface area contributed by atoms with Crippen LogP contribution in [0.25, 0.3) is 28.6 Å². The van der Waals surface area contributed by atoms with Gasteiger partial charge in [0.15, 0.2) is 5.58 Å². The molecule has 7 heteroatoms. The summed E-state index contributed by atoms with van der Waals surface area (Å²) in [7, 11) is 1.61. The second kappa shape index (κ2) is 8.73. The minimum Gasteiger partial charge on any atom is -0.497 e. The number of benzene rings is 3. The van der Waals surface area contributed by atoms with Gasteiger partial charge in [0.25, 0.3) is 0 Å². The second-order valence-corrected chi connectivity index (χ2v) is 7.74. The largest absolute Gasteiger partial charge is 0.497 e. The Labute approximate surface area is 186 Å². The zero-order valence-electron chi connectivity index (χ0n) is 15.9. The van der Waals surface area contributed by atoms with Crippen LogP contribution in [0.4, 0.5) is 5.69 Å². The Kier molecular flexibility index (Phi) is 5.88. The first kappa shape index (κ1) is 20.2. The van der Waals surface area contributed by atoms with Gasteiger partial charge < -0.3 is 14.5 Å². The summed E-state index contributed by atoms with van der Waals surface area (Å²) in [6.45, 7) is 0. The van der Waals surface area contributed by atoms with Crippen molar-refractivity contribution in [3.63, 3.8) is 0 Å². The number of hydrogen-bond donors (Lipinski definition) is 1. The monoisotopic (exact) mass is 482 g/mol. The molecule has 0 atom stereocenters. The molecule has 1 N–H and O–H groups in total. The fourth-order valence-electron chi connectivity index (χ4n) is 2.85. The van der Waals surface area contributed by atoms with Crippen molar-refractivity contribution in [3.05, 3.63) is 81.8 Å². The van der Waals surface area contributed by atoms with E-state index in [0.29, 0.717) is 33.3 Å². The normalized spacial score (nSPS) is 11.2. The number of methoxy groups -OCH3 is 1. The Morgan fingerprint density at radius 3 is 2.70 bits per heavy atom. The van der Waals surface area contributed by atoms with Crippen LogP contribution >= 0.6 is 27.5 Å². The maximum atomic E-state index is 12.3. The highest BCUT2D eigenvalue weighted by molar-refractivity contribution is 9.10. The van der Waals surface area contributed by atoms with E-state index >= 15 is 0 Å². The number of halogens is 2. The van der Waals surface area contributed by atoms with Gasteiger partial charge in [0, 0.05) is 16.2 Å². The van der Waals surface area contributed by atoms with E-state index in [0.717, 1.165) is 15.8 Å². The fourth-order valence-corrected chi connectivity index (χ4v) is 3.41. The van der Waals surface area contributed by atoms with Crippen LogP contribution in [0, 0.1) is 0 Å². The standard InChI is InChI=1S/C23H16BrClN2O3/c1-29-17-7-2-14(3-8-17)4-11-22(28)26-16-6-10-21-20(13-16)27-23(30-21)18-12-15(24)5-9-19(18)25/h2-13H,1H3,(H,26,28)/b11-4+. The van der Waals surface area contributed by atoms with Gasteiger partial charge in [0.2, 0.25) is 11.8 Å². The summed E-state index contributed by atoms with van der Waals surface area (Å²) in [5.41, 5.74) is 3.43. The minimum atomic E-state index is -0.246. The molecular formula is C23H16BrClN2O3. The van der Waals surface area contributed by atoms with Gasteiger partial charge in [-0.15, -0.1) is 0 Å². The summed E-state index contributed by atoms with van der Waals surface area (Å²) >= 11 is 9.69. The summed E-state index contributed by atoms with van der Waals surface area (Å²) in [6.07, 6.45) is 3.21. The molecule has 5 nitrogen and oxygen atoms in total.